The SMILES string of the molecule is Cc1cc(C)n(-c2ccc(CCNC(=O)c3cccc(NC(=O)c4cccnc4)c3)cc2)n1. The maximum absolute atomic E-state index is 12.6. The first kappa shape index (κ1) is 22.0. The van der Waals surface area contributed by atoms with Crippen LogP contribution in [0.3, 0.4) is 0 Å². The Kier molecular flexibility index (Phi) is 6.59. The van der Waals surface area contributed by atoms with E-state index in [1.54, 1.807) is 42.6 Å². The topological polar surface area (TPSA) is 88.9 Å². The number of hydrogen-bond donors (Lipinski definition) is 2. The van der Waals surface area contributed by atoms with Crippen LogP contribution in [0.2, 0.25) is 0 Å². The van der Waals surface area contributed by atoms with Crippen molar-refractivity contribution in [3.8, 4) is 5.69 Å². The molecule has 0 fully saturated rings. The molecule has 0 aliphatic rings. The number of benzene rings is 2. The third-order valence-corrected chi connectivity index (χ3v) is 5.20. The van der Waals surface area contributed by atoms with Crippen molar-refractivity contribution in [3.05, 3.63) is 107 Å². The number of aryl methyl sites for hydroxylation is 2. The van der Waals surface area contributed by atoms with E-state index in [9.17, 15) is 9.59 Å². The van der Waals surface area contributed by atoms with Crippen LogP contribution in [0.5, 0.6) is 0 Å². The van der Waals surface area contributed by atoms with Crippen molar-refractivity contribution in [1.29, 1.82) is 0 Å². The van der Waals surface area contributed by atoms with Crippen molar-refractivity contribution < 1.29 is 9.59 Å². The Morgan fingerprint density at radius 2 is 1.70 bits per heavy atom. The monoisotopic (exact) mass is 439 g/mol. The molecule has 0 saturated heterocycles. The maximum atomic E-state index is 12.6. The molecule has 0 saturated carbocycles. The number of hydrogen-bond acceptors (Lipinski definition) is 4. The van der Waals surface area contributed by atoms with Crippen LogP contribution < -0.4 is 10.6 Å². The molecule has 0 bridgehead atoms. The lowest BCUT2D eigenvalue weighted by Crippen LogP contribution is -2.25. The molecule has 4 rings (SSSR count). The average molecular weight is 440 g/mol. The minimum atomic E-state index is -0.274. The van der Waals surface area contributed by atoms with Gasteiger partial charge in [-0.1, -0.05) is 18.2 Å². The summed E-state index contributed by atoms with van der Waals surface area (Å²) in [5.41, 5.74) is 5.70. The summed E-state index contributed by atoms with van der Waals surface area (Å²) < 4.78 is 1.92. The van der Waals surface area contributed by atoms with Gasteiger partial charge in [-0.2, -0.15) is 5.10 Å². The Morgan fingerprint density at radius 3 is 2.39 bits per heavy atom. The molecule has 0 spiro atoms. The summed E-state index contributed by atoms with van der Waals surface area (Å²) in [6.45, 7) is 4.51. The number of anilines is 1. The van der Waals surface area contributed by atoms with Crippen LogP contribution >= 0.6 is 0 Å². The fourth-order valence-electron chi connectivity index (χ4n) is 3.56. The van der Waals surface area contributed by atoms with Crippen molar-refractivity contribution in [2.75, 3.05) is 11.9 Å². The van der Waals surface area contributed by atoms with E-state index in [1.807, 2.05) is 48.9 Å². The molecule has 7 nitrogen and oxygen atoms in total. The largest absolute Gasteiger partial charge is 0.352 e. The summed E-state index contributed by atoms with van der Waals surface area (Å²) in [5, 5.41) is 10.2. The minimum absolute atomic E-state index is 0.188. The van der Waals surface area contributed by atoms with Crippen LogP contribution in [-0.4, -0.2) is 33.1 Å². The van der Waals surface area contributed by atoms with Gasteiger partial charge < -0.3 is 10.6 Å². The fraction of sp³-hybridized carbons (Fsp3) is 0.154. The van der Waals surface area contributed by atoms with Crippen LogP contribution in [0.1, 0.15) is 37.7 Å². The lowest BCUT2D eigenvalue weighted by Gasteiger charge is -2.09. The molecule has 0 radical (unpaired) electrons. The van der Waals surface area contributed by atoms with Crippen LogP contribution in [-0.2, 0) is 6.42 Å². The highest BCUT2D eigenvalue weighted by atomic mass is 16.2. The van der Waals surface area contributed by atoms with Crippen molar-refractivity contribution in [2.24, 2.45) is 0 Å². The van der Waals surface area contributed by atoms with Crippen molar-refractivity contribution in [3.63, 3.8) is 0 Å². The number of carbonyl (C=O) groups excluding carboxylic acids is 2. The summed E-state index contributed by atoms with van der Waals surface area (Å²) in [4.78, 5) is 28.8. The van der Waals surface area contributed by atoms with Gasteiger partial charge in [0.2, 0.25) is 0 Å². The Balaban J connectivity index is 1.31. The van der Waals surface area contributed by atoms with Gasteiger partial charge in [0.15, 0.2) is 0 Å². The van der Waals surface area contributed by atoms with Crippen molar-refractivity contribution in [1.82, 2.24) is 20.1 Å². The van der Waals surface area contributed by atoms with Gasteiger partial charge in [0.1, 0.15) is 0 Å². The van der Waals surface area contributed by atoms with Crippen LogP contribution in [0.4, 0.5) is 5.69 Å². The molecular weight excluding hydrogens is 414 g/mol. The van der Waals surface area contributed by atoms with Gasteiger partial charge in [0.25, 0.3) is 11.8 Å². The van der Waals surface area contributed by atoms with E-state index in [1.165, 1.54) is 6.20 Å². The zero-order chi connectivity index (χ0) is 23.2. The van der Waals surface area contributed by atoms with Gasteiger partial charge in [-0.3, -0.25) is 14.6 Å². The molecule has 2 heterocycles. The maximum Gasteiger partial charge on any atom is 0.257 e. The third-order valence-electron chi connectivity index (χ3n) is 5.20. The minimum Gasteiger partial charge on any atom is -0.352 e. The highest BCUT2D eigenvalue weighted by molar-refractivity contribution is 6.04. The molecule has 0 aliphatic carbocycles. The van der Waals surface area contributed by atoms with E-state index in [4.69, 9.17) is 0 Å². The summed E-state index contributed by atoms with van der Waals surface area (Å²) in [7, 11) is 0. The Labute approximate surface area is 192 Å². The van der Waals surface area contributed by atoms with Gasteiger partial charge in [0, 0.05) is 35.9 Å². The van der Waals surface area contributed by atoms with Gasteiger partial charge in [0.05, 0.1) is 16.9 Å². The number of amides is 2. The molecule has 2 aromatic carbocycles. The van der Waals surface area contributed by atoms with Crippen LogP contribution in [0, 0.1) is 13.8 Å². The molecule has 2 aromatic heterocycles. The first-order valence-electron chi connectivity index (χ1n) is 10.7. The van der Waals surface area contributed by atoms with Gasteiger partial charge >= 0.3 is 0 Å². The fourth-order valence-corrected chi connectivity index (χ4v) is 3.56. The molecule has 7 heteroatoms. The summed E-state index contributed by atoms with van der Waals surface area (Å²) in [6, 6.07) is 20.5. The highest BCUT2D eigenvalue weighted by Gasteiger charge is 2.10. The molecule has 0 aliphatic heterocycles. The summed E-state index contributed by atoms with van der Waals surface area (Å²) in [5.74, 6) is -0.462. The zero-order valence-corrected chi connectivity index (χ0v) is 18.6. The lowest BCUT2D eigenvalue weighted by atomic mass is 10.1. The second-order valence-electron chi connectivity index (χ2n) is 7.79. The molecule has 33 heavy (non-hydrogen) atoms. The Hall–Kier alpha value is -4.26. The lowest BCUT2D eigenvalue weighted by molar-refractivity contribution is 0.0952. The Bertz CT molecular complexity index is 1260. The number of rotatable bonds is 7. The molecule has 2 N–H and O–H groups in total. The first-order chi connectivity index (χ1) is 16.0. The number of carbonyl (C=O) groups is 2. The number of nitrogens with zero attached hydrogens (tertiary/aromatic N) is 3. The molecule has 0 atom stereocenters. The van der Waals surface area contributed by atoms with Crippen molar-refractivity contribution in [2.45, 2.75) is 20.3 Å². The molecule has 2 amide bonds. The van der Waals surface area contributed by atoms with E-state index < -0.39 is 0 Å². The van der Waals surface area contributed by atoms with E-state index >= 15 is 0 Å². The highest BCUT2D eigenvalue weighted by Crippen LogP contribution is 2.14. The smallest absolute Gasteiger partial charge is 0.257 e. The van der Waals surface area contributed by atoms with Gasteiger partial charge in [-0.25, -0.2) is 4.68 Å². The quantitative estimate of drug-likeness (QED) is 0.454. The van der Waals surface area contributed by atoms with Gasteiger partial charge in [-0.05, 0) is 74.4 Å². The molecule has 4 aromatic rings. The normalized spacial score (nSPS) is 10.6. The van der Waals surface area contributed by atoms with E-state index in [0.717, 1.165) is 22.6 Å². The predicted molar refractivity (Wildman–Crippen MR) is 128 cm³/mol. The molecule has 166 valence electrons. The van der Waals surface area contributed by atoms with E-state index in [2.05, 4.69) is 20.7 Å². The molecular formula is C26H25N5O2. The third kappa shape index (κ3) is 5.51. The average Bonchev–Trinajstić information content (AvgIpc) is 3.18. The number of aromatic nitrogens is 3. The molecule has 0 unspecified atom stereocenters. The van der Waals surface area contributed by atoms with Crippen LogP contribution in [0.25, 0.3) is 5.69 Å². The summed E-state index contributed by atoms with van der Waals surface area (Å²) in [6.07, 6.45) is 3.81. The van der Waals surface area contributed by atoms with E-state index in [-0.39, 0.29) is 11.8 Å². The second kappa shape index (κ2) is 9.91. The predicted octanol–water partition coefficient (Wildman–Crippen LogP) is 4.11. The number of pyridine rings is 1. The number of nitrogens with one attached hydrogen (secondary N) is 2. The van der Waals surface area contributed by atoms with Crippen LogP contribution in [0.15, 0.2) is 79.1 Å². The summed E-state index contributed by atoms with van der Waals surface area (Å²) >= 11 is 0. The Morgan fingerprint density at radius 1 is 0.909 bits per heavy atom. The standard InChI is InChI=1S/C26H25N5O2/c1-18-15-19(2)31(30-18)24-10-8-20(9-11-24)12-14-28-25(32)21-5-3-7-23(16-21)29-26(33)22-6-4-13-27-17-22/h3-11,13,15-17H,12,14H2,1-2H3,(H,28,32)(H,29,33). The van der Waals surface area contributed by atoms with Crippen molar-refractivity contribution >= 4 is 17.5 Å². The zero-order valence-electron chi connectivity index (χ0n) is 18.6. The van der Waals surface area contributed by atoms with E-state index in [0.29, 0.717) is 29.8 Å². The van der Waals surface area contributed by atoms with Gasteiger partial charge in [-0.15, -0.1) is 0 Å². The second-order valence-corrected chi connectivity index (χ2v) is 7.79. The first-order valence-corrected chi connectivity index (χ1v) is 10.7.